The molecule has 2 saturated heterocycles. The van der Waals surface area contributed by atoms with Gasteiger partial charge in [0, 0.05) is 51.0 Å². The summed E-state index contributed by atoms with van der Waals surface area (Å²) < 4.78 is 19.4. The number of hydrogen-bond acceptors (Lipinski definition) is 5. The number of nitrogens with one attached hydrogen (secondary N) is 2. The van der Waals surface area contributed by atoms with E-state index in [0.29, 0.717) is 11.9 Å². The highest BCUT2D eigenvalue weighted by atomic mass is 127. The Morgan fingerprint density at radius 1 is 1.39 bits per heavy atom. The molecule has 0 aromatic carbocycles. The van der Waals surface area contributed by atoms with Crippen molar-refractivity contribution < 1.29 is 9.13 Å². The van der Waals surface area contributed by atoms with Gasteiger partial charge < -0.3 is 20.3 Å². The fourth-order valence-electron chi connectivity index (χ4n) is 3.55. The average Bonchev–Trinajstić information content (AvgIpc) is 3.15. The van der Waals surface area contributed by atoms with Crippen LogP contribution in [0.3, 0.4) is 0 Å². The Kier molecular flexibility index (Phi) is 9.66. The minimum atomic E-state index is -0.266. The van der Waals surface area contributed by atoms with Gasteiger partial charge in [-0.2, -0.15) is 0 Å². The van der Waals surface area contributed by atoms with E-state index in [1.54, 1.807) is 12.3 Å². The van der Waals surface area contributed by atoms with Gasteiger partial charge in [0.2, 0.25) is 0 Å². The van der Waals surface area contributed by atoms with E-state index in [-0.39, 0.29) is 35.8 Å². The van der Waals surface area contributed by atoms with Crippen LogP contribution in [0.5, 0.6) is 0 Å². The van der Waals surface area contributed by atoms with Crippen LogP contribution in [0.1, 0.15) is 20.3 Å². The molecule has 1 aromatic heterocycles. The Balaban J connectivity index is 0.00000280. The highest BCUT2D eigenvalue weighted by molar-refractivity contribution is 14.0. The molecule has 2 N–H and O–H groups in total. The Hall–Kier alpha value is -1.20. The molecular weight excluding hydrogens is 474 g/mol. The van der Waals surface area contributed by atoms with Crippen molar-refractivity contribution in [2.24, 2.45) is 4.99 Å². The molecule has 0 spiro atoms. The van der Waals surface area contributed by atoms with E-state index in [0.717, 1.165) is 64.9 Å². The first kappa shape index (κ1) is 23.1. The monoisotopic (exact) mass is 506 g/mol. The lowest BCUT2D eigenvalue weighted by Gasteiger charge is -2.31. The molecule has 2 aliphatic heterocycles. The molecule has 9 heteroatoms. The number of aromatic nitrogens is 1. The molecule has 1 aromatic rings. The number of morpholine rings is 1. The lowest BCUT2D eigenvalue weighted by Crippen LogP contribution is -2.46. The van der Waals surface area contributed by atoms with Gasteiger partial charge >= 0.3 is 0 Å². The summed E-state index contributed by atoms with van der Waals surface area (Å²) in [5.41, 5.74) is 0. The third-order valence-corrected chi connectivity index (χ3v) is 5.09. The van der Waals surface area contributed by atoms with Crippen LogP contribution in [-0.2, 0) is 4.74 Å². The van der Waals surface area contributed by atoms with Crippen molar-refractivity contribution >= 4 is 35.8 Å². The van der Waals surface area contributed by atoms with Crippen molar-refractivity contribution in [2.45, 2.75) is 32.4 Å². The van der Waals surface area contributed by atoms with Crippen LogP contribution < -0.4 is 15.5 Å². The van der Waals surface area contributed by atoms with Gasteiger partial charge in [-0.3, -0.25) is 9.89 Å². The van der Waals surface area contributed by atoms with Crippen molar-refractivity contribution in [3.63, 3.8) is 0 Å². The predicted molar refractivity (Wildman–Crippen MR) is 121 cm³/mol. The van der Waals surface area contributed by atoms with E-state index >= 15 is 0 Å². The SMILES string of the molecule is CCNC(=NCC(C)N1CCOCC1)NC1CCN(c2ncccc2F)C1.I. The zero-order chi connectivity index (χ0) is 19.1. The minimum Gasteiger partial charge on any atom is -0.379 e. The Bertz CT molecular complexity index is 628. The third-order valence-electron chi connectivity index (χ3n) is 5.09. The number of guanidine groups is 1. The minimum absolute atomic E-state index is 0. The van der Waals surface area contributed by atoms with E-state index in [4.69, 9.17) is 9.73 Å². The normalized spacial score (nSPS) is 21.9. The molecule has 0 aliphatic carbocycles. The molecule has 7 nitrogen and oxygen atoms in total. The first-order valence-electron chi connectivity index (χ1n) is 9.89. The van der Waals surface area contributed by atoms with Gasteiger partial charge in [-0.15, -0.1) is 24.0 Å². The van der Waals surface area contributed by atoms with Gasteiger partial charge in [-0.25, -0.2) is 9.37 Å². The molecule has 0 amide bonds. The molecule has 2 atom stereocenters. The summed E-state index contributed by atoms with van der Waals surface area (Å²) in [7, 11) is 0. The first-order valence-corrected chi connectivity index (χ1v) is 9.89. The quantitative estimate of drug-likeness (QED) is 0.348. The van der Waals surface area contributed by atoms with Crippen LogP contribution in [0.4, 0.5) is 10.2 Å². The molecule has 28 heavy (non-hydrogen) atoms. The van der Waals surface area contributed by atoms with E-state index in [1.807, 2.05) is 4.90 Å². The summed E-state index contributed by atoms with van der Waals surface area (Å²) in [6, 6.07) is 3.69. The highest BCUT2D eigenvalue weighted by Crippen LogP contribution is 2.20. The highest BCUT2D eigenvalue weighted by Gasteiger charge is 2.26. The maximum Gasteiger partial charge on any atom is 0.191 e. The predicted octanol–water partition coefficient (Wildman–Crippen LogP) is 1.69. The van der Waals surface area contributed by atoms with Crippen LogP contribution in [0, 0.1) is 5.82 Å². The number of pyridine rings is 1. The van der Waals surface area contributed by atoms with E-state index in [2.05, 4.69) is 34.4 Å². The number of nitrogens with zero attached hydrogens (tertiary/aromatic N) is 4. The Labute approximate surface area is 184 Å². The maximum absolute atomic E-state index is 14.0. The fraction of sp³-hybridized carbons (Fsp3) is 0.684. The number of rotatable bonds is 6. The topological polar surface area (TPSA) is 65.0 Å². The third kappa shape index (κ3) is 6.41. The second-order valence-corrected chi connectivity index (χ2v) is 7.10. The molecule has 2 aliphatic rings. The summed E-state index contributed by atoms with van der Waals surface area (Å²) >= 11 is 0. The molecule has 3 heterocycles. The molecule has 0 saturated carbocycles. The second kappa shape index (κ2) is 11.7. The first-order chi connectivity index (χ1) is 13.2. The fourth-order valence-corrected chi connectivity index (χ4v) is 3.55. The van der Waals surface area contributed by atoms with Gasteiger partial charge in [0.1, 0.15) is 0 Å². The molecule has 3 rings (SSSR count). The van der Waals surface area contributed by atoms with Gasteiger partial charge in [-0.05, 0) is 32.4 Å². The van der Waals surface area contributed by atoms with Crippen molar-refractivity contribution in [2.75, 3.05) is 57.4 Å². The Morgan fingerprint density at radius 2 is 2.18 bits per heavy atom. The maximum atomic E-state index is 14.0. The van der Waals surface area contributed by atoms with Gasteiger partial charge in [0.15, 0.2) is 17.6 Å². The zero-order valence-electron chi connectivity index (χ0n) is 16.7. The van der Waals surface area contributed by atoms with E-state index in [1.165, 1.54) is 6.07 Å². The summed E-state index contributed by atoms with van der Waals surface area (Å²) in [4.78, 5) is 13.4. The number of aliphatic imine (C=N–C) groups is 1. The summed E-state index contributed by atoms with van der Waals surface area (Å²) in [5.74, 6) is 0.994. The number of anilines is 1. The van der Waals surface area contributed by atoms with E-state index in [9.17, 15) is 4.39 Å². The van der Waals surface area contributed by atoms with Crippen LogP contribution in [0.25, 0.3) is 0 Å². The lowest BCUT2D eigenvalue weighted by molar-refractivity contribution is 0.0220. The van der Waals surface area contributed by atoms with Crippen molar-refractivity contribution in [1.29, 1.82) is 0 Å². The largest absolute Gasteiger partial charge is 0.379 e. The van der Waals surface area contributed by atoms with Gasteiger partial charge in [0.25, 0.3) is 0 Å². The molecular formula is C19H32FIN6O. The van der Waals surface area contributed by atoms with Crippen molar-refractivity contribution in [3.05, 3.63) is 24.1 Å². The molecule has 0 radical (unpaired) electrons. The molecule has 0 bridgehead atoms. The van der Waals surface area contributed by atoms with Crippen molar-refractivity contribution in [1.82, 2.24) is 20.5 Å². The van der Waals surface area contributed by atoms with Crippen molar-refractivity contribution in [3.8, 4) is 0 Å². The van der Waals surface area contributed by atoms with Gasteiger partial charge in [0.05, 0.1) is 19.8 Å². The van der Waals surface area contributed by atoms with E-state index < -0.39 is 0 Å². The summed E-state index contributed by atoms with van der Waals surface area (Å²) in [6.45, 7) is 10.9. The Morgan fingerprint density at radius 3 is 2.89 bits per heavy atom. The molecule has 158 valence electrons. The smallest absolute Gasteiger partial charge is 0.191 e. The average molecular weight is 506 g/mol. The number of hydrogen-bond donors (Lipinski definition) is 2. The van der Waals surface area contributed by atoms with Crippen LogP contribution in [0.15, 0.2) is 23.3 Å². The lowest BCUT2D eigenvalue weighted by atomic mass is 10.2. The van der Waals surface area contributed by atoms with Crippen LogP contribution >= 0.6 is 24.0 Å². The van der Waals surface area contributed by atoms with Gasteiger partial charge in [-0.1, -0.05) is 0 Å². The molecule has 2 fully saturated rings. The molecule has 2 unspecified atom stereocenters. The summed E-state index contributed by atoms with van der Waals surface area (Å²) in [5, 5.41) is 6.82. The summed E-state index contributed by atoms with van der Waals surface area (Å²) in [6.07, 6.45) is 2.57. The standard InChI is InChI=1S/C19H31FN6O.HI/c1-3-21-19(23-13-15(2)25-9-11-27-12-10-25)24-16-6-8-26(14-16)18-17(20)5-4-7-22-18;/h4-5,7,15-16H,3,6,8-14H2,1-2H3,(H2,21,23,24);1H. The second-order valence-electron chi connectivity index (χ2n) is 7.10. The van der Waals surface area contributed by atoms with Crippen LogP contribution in [-0.4, -0.2) is 80.4 Å². The van der Waals surface area contributed by atoms with Crippen LogP contribution in [0.2, 0.25) is 0 Å². The zero-order valence-corrected chi connectivity index (χ0v) is 19.1. The number of halogens is 2. The number of ether oxygens (including phenoxy) is 1.